The molecular formula is C15H17F3N4O2S2. The first-order valence-electron chi connectivity index (χ1n) is 7.41. The van der Waals surface area contributed by atoms with Gasteiger partial charge in [0, 0.05) is 12.2 Å². The lowest BCUT2D eigenvalue weighted by molar-refractivity contribution is -0.137. The molecule has 0 unspecified atom stereocenters. The number of alkyl halides is 3. The van der Waals surface area contributed by atoms with E-state index >= 15 is 0 Å². The molecule has 0 fully saturated rings. The SMILES string of the molecule is CSc1ncc(C(F)(F)F)c(Nc2ccccc2S(=O)(=O)NC(C)C)n1. The summed E-state index contributed by atoms with van der Waals surface area (Å²) in [7, 11) is -3.92. The van der Waals surface area contributed by atoms with Crippen molar-refractivity contribution in [2.45, 2.75) is 36.1 Å². The van der Waals surface area contributed by atoms with Crippen LogP contribution in [0.4, 0.5) is 24.7 Å². The maximum Gasteiger partial charge on any atom is 0.421 e. The summed E-state index contributed by atoms with van der Waals surface area (Å²) in [6.45, 7) is 3.29. The van der Waals surface area contributed by atoms with E-state index in [1.807, 2.05) is 0 Å². The Morgan fingerprint density at radius 2 is 1.85 bits per heavy atom. The minimum atomic E-state index is -4.69. The summed E-state index contributed by atoms with van der Waals surface area (Å²) in [5.41, 5.74) is -1.10. The van der Waals surface area contributed by atoms with Crippen LogP contribution in [0.15, 0.2) is 40.5 Å². The summed E-state index contributed by atoms with van der Waals surface area (Å²) in [6, 6.07) is 5.30. The van der Waals surface area contributed by atoms with Gasteiger partial charge < -0.3 is 5.32 Å². The van der Waals surface area contributed by atoms with E-state index in [-0.39, 0.29) is 21.8 Å². The van der Waals surface area contributed by atoms with Crippen molar-refractivity contribution in [2.24, 2.45) is 0 Å². The van der Waals surface area contributed by atoms with E-state index in [2.05, 4.69) is 20.0 Å². The molecule has 1 heterocycles. The molecule has 0 atom stereocenters. The normalized spacial score (nSPS) is 12.4. The lowest BCUT2D eigenvalue weighted by atomic mass is 10.2. The molecule has 142 valence electrons. The molecule has 11 heteroatoms. The van der Waals surface area contributed by atoms with Crippen molar-refractivity contribution >= 4 is 33.3 Å². The Bertz CT molecular complexity index is 887. The van der Waals surface area contributed by atoms with Gasteiger partial charge >= 0.3 is 6.18 Å². The molecule has 0 bridgehead atoms. The van der Waals surface area contributed by atoms with Gasteiger partial charge in [-0.15, -0.1) is 0 Å². The first-order valence-corrected chi connectivity index (χ1v) is 10.1. The first kappa shape index (κ1) is 20.5. The van der Waals surface area contributed by atoms with Crippen molar-refractivity contribution in [1.82, 2.24) is 14.7 Å². The van der Waals surface area contributed by atoms with Gasteiger partial charge in [0.2, 0.25) is 10.0 Å². The molecule has 0 radical (unpaired) electrons. The average Bonchev–Trinajstić information content (AvgIpc) is 2.53. The molecule has 2 N–H and O–H groups in total. The monoisotopic (exact) mass is 406 g/mol. The number of rotatable bonds is 6. The second kappa shape index (κ2) is 7.80. The summed E-state index contributed by atoms with van der Waals surface area (Å²) in [6.07, 6.45) is -2.40. The van der Waals surface area contributed by atoms with Crippen LogP contribution in [-0.2, 0) is 16.2 Å². The largest absolute Gasteiger partial charge is 0.421 e. The van der Waals surface area contributed by atoms with E-state index in [1.165, 1.54) is 24.3 Å². The summed E-state index contributed by atoms with van der Waals surface area (Å²) in [4.78, 5) is 7.31. The summed E-state index contributed by atoms with van der Waals surface area (Å²) < 4.78 is 67.0. The van der Waals surface area contributed by atoms with Crippen LogP contribution < -0.4 is 10.0 Å². The van der Waals surface area contributed by atoms with Crippen LogP contribution >= 0.6 is 11.8 Å². The molecule has 1 aromatic carbocycles. The van der Waals surface area contributed by atoms with E-state index in [0.717, 1.165) is 11.8 Å². The molecule has 0 saturated heterocycles. The zero-order chi connectivity index (χ0) is 19.5. The Morgan fingerprint density at radius 1 is 1.19 bits per heavy atom. The van der Waals surface area contributed by atoms with Gasteiger partial charge in [0.1, 0.15) is 16.3 Å². The van der Waals surface area contributed by atoms with Gasteiger partial charge in [-0.25, -0.2) is 23.1 Å². The first-order chi connectivity index (χ1) is 12.0. The number of benzene rings is 1. The lowest BCUT2D eigenvalue weighted by Crippen LogP contribution is -2.30. The van der Waals surface area contributed by atoms with Gasteiger partial charge in [-0.2, -0.15) is 13.2 Å². The molecule has 0 aliphatic rings. The highest BCUT2D eigenvalue weighted by molar-refractivity contribution is 7.98. The van der Waals surface area contributed by atoms with E-state index < -0.39 is 27.6 Å². The van der Waals surface area contributed by atoms with Gasteiger partial charge in [-0.05, 0) is 32.2 Å². The lowest BCUT2D eigenvalue weighted by Gasteiger charge is -2.17. The highest BCUT2D eigenvalue weighted by Crippen LogP contribution is 2.36. The number of sulfonamides is 1. The number of thioether (sulfide) groups is 1. The van der Waals surface area contributed by atoms with E-state index in [4.69, 9.17) is 0 Å². The number of halogens is 3. The van der Waals surface area contributed by atoms with Crippen LogP contribution in [0, 0.1) is 0 Å². The zero-order valence-electron chi connectivity index (χ0n) is 14.1. The third-order valence-electron chi connectivity index (χ3n) is 3.08. The fourth-order valence-corrected chi connectivity index (χ4v) is 3.83. The fraction of sp³-hybridized carbons (Fsp3) is 0.333. The van der Waals surface area contributed by atoms with Gasteiger partial charge in [0.25, 0.3) is 0 Å². The van der Waals surface area contributed by atoms with E-state index in [9.17, 15) is 21.6 Å². The van der Waals surface area contributed by atoms with Gasteiger partial charge in [0.05, 0.1) is 5.69 Å². The molecule has 0 amide bonds. The quantitative estimate of drug-likeness (QED) is 0.563. The standard InChI is InChI=1S/C15H17F3N4O2S2/c1-9(2)22-26(23,24)12-7-5-4-6-11(12)20-13-10(15(16,17)18)8-19-14(21-13)25-3/h4-9,22H,1-3H3,(H,19,20,21). The second-order valence-corrected chi connectivity index (χ2v) is 7.97. The molecule has 0 spiro atoms. The van der Waals surface area contributed by atoms with Gasteiger partial charge in [0.15, 0.2) is 5.16 Å². The minimum Gasteiger partial charge on any atom is -0.338 e. The van der Waals surface area contributed by atoms with Crippen molar-refractivity contribution in [3.8, 4) is 0 Å². The van der Waals surface area contributed by atoms with E-state index in [1.54, 1.807) is 20.1 Å². The number of nitrogens with one attached hydrogen (secondary N) is 2. The molecule has 26 heavy (non-hydrogen) atoms. The molecular weight excluding hydrogens is 389 g/mol. The second-order valence-electron chi connectivity index (χ2n) is 5.51. The smallest absolute Gasteiger partial charge is 0.338 e. The Hall–Kier alpha value is -1.85. The van der Waals surface area contributed by atoms with Crippen LogP contribution in [0.5, 0.6) is 0 Å². The molecule has 2 rings (SSSR count). The van der Waals surface area contributed by atoms with E-state index in [0.29, 0.717) is 6.20 Å². The average molecular weight is 406 g/mol. The highest BCUT2D eigenvalue weighted by atomic mass is 32.2. The minimum absolute atomic E-state index is 0.0168. The molecule has 0 aliphatic heterocycles. The Balaban J connectivity index is 2.54. The van der Waals surface area contributed by atoms with Crippen LogP contribution in [0.2, 0.25) is 0 Å². The van der Waals surface area contributed by atoms with Crippen molar-refractivity contribution in [2.75, 3.05) is 11.6 Å². The van der Waals surface area contributed by atoms with Gasteiger partial charge in [-0.1, -0.05) is 23.9 Å². The Labute approximate surface area is 153 Å². The number of hydrogen-bond acceptors (Lipinski definition) is 6. The van der Waals surface area contributed by atoms with Crippen molar-refractivity contribution in [3.63, 3.8) is 0 Å². The third-order valence-corrected chi connectivity index (χ3v) is 5.35. The molecule has 0 aliphatic carbocycles. The predicted octanol–water partition coefficient (Wildman–Crippen LogP) is 3.65. The van der Waals surface area contributed by atoms with Crippen molar-refractivity contribution in [1.29, 1.82) is 0 Å². The molecule has 6 nitrogen and oxygen atoms in total. The van der Waals surface area contributed by atoms with Crippen molar-refractivity contribution in [3.05, 3.63) is 36.0 Å². The summed E-state index contributed by atoms with van der Waals surface area (Å²) in [5, 5.41) is 2.62. The van der Waals surface area contributed by atoms with Crippen LogP contribution in [0.25, 0.3) is 0 Å². The third kappa shape index (κ3) is 4.86. The highest BCUT2D eigenvalue weighted by Gasteiger charge is 2.35. The van der Waals surface area contributed by atoms with Crippen LogP contribution in [0.3, 0.4) is 0 Å². The summed E-state index contributed by atoms with van der Waals surface area (Å²) >= 11 is 1.07. The topological polar surface area (TPSA) is 84.0 Å². The zero-order valence-corrected chi connectivity index (χ0v) is 15.8. The number of nitrogens with zero attached hydrogens (tertiary/aromatic N) is 2. The number of hydrogen-bond donors (Lipinski definition) is 2. The van der Waals surface area contributed by atoms with Crippen LogP contribution in [-0.4, -0.2) is 30.7 Å². The molecule has 1 aromatic heterocycles. The van der Waals surface area contributed by atoms with Crippen LogP contribution in [0.1, 0.15) is 19.4 Å². The predicted molar refractivity (Wildman–Crippen MR) is 94.0 cm³/mol. The van der Waals surface area contributed by atoms with Gasteiger partial charge in [-0.3, -0.25) is 0 Å². The maximum atomic E-state index is 13.2. The Morgan fingerprint density at radius 3 is 2.42 bits per heavy atom. The maximum absolute atomic E-state index is 13.2. The molecule has 2 aromatic rings. The van der Waals surface area contributed by atoms with Crippen molar-refractivity contribution < 1.29 is 21.6 Å². The number of para-hydroxylation sites is 1. The molecule has 0 saturated carbocycles. The fourth-order valence-electron chi connectivity index (χ4n) is 2.07. The number of anilines is 2. The summed E-state index contributed by atoms with van der Waals surface area (Å²) in [5.74, 6) is -0.510. The number of aromatic nitrogens is 2. The Kier molecular flexibility index (Phi) is 6.14.